The van der Waals surface area contributed by atoms with Gasteiger partial charge in [0.25, 0.3) is 5.91 Å². The number of hydrogen-bond acceptors (Lipinski definition) is 4. The normalized spacial score (nSPS) is 15.0. The molecular weight excluding hydrogens is 282 g/mol. The summed E-state index contributed by atoms with van der Waals surface area (Å²) in [6.45, 7) is 5.64. The first-order chi connectivity index (χ1) is 10.6. The fraction of sp³-hybridized carbons (Fsp3) is 0.412. The third kappa shape index (κ3) is 5.00. The minimum Gasteiger partial charge on any atom is -0.425 e. The maximum Gasteiger partial charge on any atom is 0.340 e. The Labute approximate surface area is 130 Å². The molecule has 1 aromatic carbocycles. The highest BCUT2D eigenvalue weighted by Crippen LogP contribution is 2.20. The molecule has 22 heavy (non-hydrogen) atoms. The van der Waals surface area contributed by atoms with Gasteiger partial charge in [-0.05, 0) is 44.4 Å². The summed E-state index contributed by atoms with van der Waals surface area (Å²) in [4.78, 5) is 23.9. The van der Waals surface area contributed by atoms with Gasteiger partial charge in [0.2, 0.25) is 0 Å². The summed E-state index contributed by atoms with van der Waals surface area (Å²) < 4.78 is 10.6. The molecule has 2 rings (SSSR count). The Morgan fingerprint density at radius 1 is 1.45 bits per heavy atom. The Morgan fingerprint density at radius 2 is 2.23 bits per heavy atom. The quantitative estimate of drug-likeness (QED) is 0.347. The van der Waals surface area contributed by atoms with Crippen molar-refractivity contribution in [2.24, 2.45) is 0 Å². The highest BCUT2D eigenvalue weighted by molar-refractivity contribution is 5.95. The first-order valence-corrected chi connectivity index (χ1v) is 7.45. The minimum atomic E-state index is -0.663. The van der Waals surface area contributed by atoms with Crippen molar-refractivity contribution in [3.05, 3.63) is 42.5 Å². The molecule has 5 nitrogen and oxygen atoms in total. The smallest absolute Gasteiger partial charge is 0.340 e. The molecular formula is C17H21NO4. The van der Waals surface area contributed by atoms with Crippen LogP contribution in [-0.2, 0) is 9.53 Å². The molecule has 1 saturated carbocycles. The van der Waals surface area contributed by atoms with Crippen LogP contribution < -0.4 is 10.1 Å². The molecule has 0 aromatic heterocycles. The number of nitrogens with one attached hydrogen (secondary N) is 1. The van der Waals surface area contributed by atoms with Crippen LogP contribution in [0.15, 0.2) is 36.9 Å². The topological polar surface area (TPSA) is 64.6 Å². The van der Waals surface area contributed by atoms with E-state index in [-0.39, 0.29) is 11.9 Å². The fourth-order valence-electron chi connectivity index (χ4n) is 1.79. The lowest BCUT2D eigenvalue weighted by molar-refractivity contribution is -0.146. The van der Waals surface area contributed by atoms with Crippen molar-refractivity contribution in [1.82, 2.24) is 5.32 Å². The van der Waals surface area contributed by atoms with Crippen LogP contribution in [0.1, 0.15) is 36.5 Å². The summed E-state index contributed by atoms with van der Waals surface area (Å²) in [6.07, 6.45) is 3.79. The van der Waals surface area contributed by atoms with E-state index in [2.05, 4.69) is 11.9 Å². The molecule has 1 N–H and O–H groups in total. The van der Waals surface area contributed by atoms with Crippen LogP contribution in [0.3, 0.4) is 0 Å². The second-order valence-corrected chi connectivity index (χ2v) is 5.29. The van der Waals surface area contributed by atoms with Gasteiger partial charge in [0.1, 0.15) is 5.75 Å². The molecule has 0 bridgehead atoms. The number of benzene rings is 1. The summed E-state index contributed by atoms with van der Waals surface area (Å²) in [5.41, 5.74) is 0.484. The Morgan fingerprint density at radius 3 is 2.91 bits per heavy atom. The van der Waals surface area contributed by atoms with E-state index in [9.17, 15) is 9.59 Å². The molecule has 0 aliphatic heterocycles. The van der Waals surface area contributed by atoms with Gasteiger partial charge in [0.05, 0.1) is 6.61 Å². The SMILES string of the molecule is C=CCCOC(C)C(=O)Oc1cccc(C(=O)NC2CC2)c1. The van der Waals surface area contributed by atoms with E-state index in [1.54, 1.807) is 37.3 Å². The van der Waals surface area contributed by atoms with E-state index in [0.717, 1.165) is 12.8 Å². The van der Waals surface area contributed by atoms with E-state index >= 15 is 0 Å². The van der Waals surface area contributed by atoms with Gasteiger partial charge in [-0.15, -0.1) is 6.58 Å². The predicted octanol–water partition coefficient (Wildman–Crippen LogP) is 2.47. The average molecular weight is 303 g/mol. The Hall–Kier alpha value is -2.14. The highest BCUT2D eigenvalue weighted by Gasteiger charge is 2.24. The van der Waals surface area contributed by atoms with Crippen molar-refractivity contribution in [2.45, 2.75) is 38.3 Å². The largest absolute Gasteiger partial charge is 0.425 e. The maximum absolute atomic E-state index is 12.0. The van der Waals surface area contributed by atoms with Gasteiger partial charge in [0, 0.05) is 11.6 Å². The second-order valence-electron chi connectivity index (χ2n) is 5.29. The molecule has 1 fully saturated rings. The van der Waals surface area contributed by atoms with Gasteiger partial charge in [-0.1, -0.05) is 12.1 Å². The molecule has 118 valence electrons. The fourth-order valence-corrected chi connectivity index (χ4v) is 1.79. The number of carbonyl (C=O) groups is 2. The molecule has 1 unspecified atom stereocenters. The molecule has 5 heteroatoms. The van der Waals surface area contributed by atoms with Crippen LogP contribution in [0.4, 0.5) is 0 Å². The third-order valence-electron chi connectivity index (χ3n) is 3.25. The lowest BCUT2D eigenvalue weighted by Crippen LogP contribution is -2.27. The van der Waals surface area contributed by atoms with Crippen LogP contribution in [0.25, 0.3) is 0 Å². The van der Waals surface area contributed by atoms with Gasteiger partial charge in [-0.25, -0.2) is 4.79 Å². The van der Waals surface area contributed by atoms with E-state index in [1.165, 1.54) is 0 Å². The van der Waals surface area contributed by atoms with Crippen molar-refractivity contribution in [3.8, 4) is 5.75 Å². The molecule has 1 amide bonds. The van der Waals surface area contributed by atoms with Crippen molar-refractivity contribution in [3.63, 3.8) is 0 Å². The highest BCUT2D eigenvalue weighted by atomic mass is 16.6. The van der Waals surface area contributed by atoms with Crippen LogP contribution in [0, 0.1) is 0 Å². The maximum atomic E-state index is 12.0. The third-order valence-corrected chi connectivity index (χ3v) is 3.25. The summed E-state index contributed by atoms with van der Waals surface area (Å²) >= 11 is 0. The molecule has 0 radical (unpaired) electrons. The Balaban J connectivity index is 1.89. The van der Waals surface area contributed by atoms with Gasteiger partial charge >= 0.3 is 5.97 Å². The lowest BCUT2D eigenvalue weighted by atomic mass is 10.2. The Bertz CT molecular complexity index is 551. The van der Waals surface area contributed by atoms with Crippen LogP contribution >= 0.6 is 0 Å². The standard InChI is InChI=1S/C17H21NO4/c1-3-4-10-21-12(2)17(20)22-15-7-5-6-13(11-15)16(19)18-14-8-9-14/h3,5-7,11-12,14H,1,4,8-10H2,2H3,(H,18,19). The minimum absolute atomic E-state index is 0.143. The van der Waals surface area contributed by atoms with Gasteiger partial charge in [-0.2, -0.15) is 0 Å². The monoisotopic (exact) mass is 303 g/mol. The van der Waals surface area contributed by atoms with E-state index in [4.69, 9.17) is 9.47 Å². The zero-order valence-corrected chi connectivity index (χ0v) is 12.7. The van der Waals surface area contributed by atoms with E-state index in [1.807, 2.05) is 0 Å². The number of rotatable bonds is 8. The number of carbonyl (C=O) groups excluding carboxylic acids is 2. The second kappa shape index (κ2) is 7.75. The molecule has 0 heterocycles. The van der Waals surface area contributed by atoms with Crippen molar-refractivity contribution >= 4 is 11.9 Å². The van der Waals surface area contributed by atoms with E-state index < -0.39 is 12.1 Å². The van der Waals surface area contributed by atoms with E-state index in [0.29, 0.717) is 24.3 Å². The number of amides is 1. The number of esters is 1. The summed E-state index contributed by atoms with van der Waals surface area (Å²) in [5.74, 6) is -0.285. The molecule has 1 aromatic rings. The molecule has 0 saturated heterocycles. The lowest BCUT2D eigenvalue weighted by Gasteiger charge is -2.12. The molecule has 1 atom stereocenters. The number of hydrogen-bond donors (Lipinski definition) is 1. The van der Waals surface area contributed by atoms with Crippen molar-refractivity contribution in [2.75, 3.05) is 6.61 Å². The molecule has 1 aliphatic rings. The first-order valence-electron chi connectivity index (χ1n) is 7.45. The Kier molecular flexibility index (Phi) is 5.72. The molecule has 0 spiro atoms. The predicted molar refractivity (Wildman–Crippen MR) is 82.8 cm³/mol. The van der Waals surface area contributed by atoms with Crippen LogP contribution in [-0.4, -0.2) is 30.6 Å². The average Bonchev–Trinajstić information content (AvgIpc) is 3.31. The van der Waals surface area contributed by atoms with Crippen molar-refractivity contribution < 1.29 is 19.1 Å². The van der Waals surface area contributed by atoms with Crippen LogP contribution in [0.2, 0.25) is 0 Å². The van der Waals surface area contributed by atoms with Gasteiger partial charge in [0.15, 0.2) is 6.10 Å². The van der Waals surface area contributed by atoms with Gasteiger partial charge in [-0.3, -0.25) is 4.79 Å². The first kappa shape index (κ1) is 16.2. The number of ether oxygens (including phenoxy) is 2. The summed E-state index contributed by atoms with van der Waals surface area (Å²) in [5, 5.41) is 2.89. The van der Waals surface area contributed by atoms with Crippen LogP contribution in [0.5, 0.6) is 5.75 Å². The summed E-state index contributed by atoms with van der Waals surface area (Å²) in [7, 11) is 0. The van der Waals surface area contributed by atoms with Gasteiger partial charge < -0.3 is 14.8 Å². The zero-order valence-electron chi connectivity index (χ0n) is 12.7. The zero-order chi connectivity index (χ0) is 15.9. The molecule has 1 aliphatic carbocycles. The van der Waals surface area contributed by atoms with Crippen molar-refractivity contribution in [1.29, 1.82) is 0 Å². The summed E-state index contributed by atoms with van der Waals surface area (Å²) in [6, 6.07) is 6.87.